The minimum Gasteiger partial charge on any atom is -0.487 e. The van der Waals surface area contributed by atoms with Gasteiger partial charge in [0, 0.05) is 10.9 Å². The van der Waals surface area contributed by atoms with Gasteiger partial charge >= 0.3 is 0 Å². The monoisotopic (exact) mass is 447 g/mol. The number of nitrogens with one attached hydrogen (secondary N) is 1. The summed E-state index contributed by atoms with van der Waals surface area (Å²) in [4.78, 5) is 21.4. The Kier molecular flexibility index (Phi) is 5.47. The van der Waals surface area contributed by atoms with Gasteiger partial charge < -0.3 is 14.5 Å². The molecule has 2 aromatic carbocycles. The molecule has 1 N–H and O–H groups in total. The number of amides is 1. The standard InChI is InChI=1S/C23H17N3O3S2/c27-22(15-4-3-5-17(10-15)28-12-16-13-30-14-25-16)24-11-18-8-9-20(29-18)23-26-19-6-1-2-7-21(19)31-23/h1-10,13-14H,11-12H2,(H,24,27). The first-order valence-corrected chi connectivity index (χ1v) is 11.3. The number of carbonyl (C=O) groups is 1. The highest BCUT2D eigenvalue weighted by Gasteiger charge is 2.12. The van der Waals surface area contributed by atoms with E-state index in [2.05, 4.69) is 15.3 Å². The molecule has 0 atom stereocenters. The zero-order chi connectivity index (χ0) is 21.0. The molecule has 0 fully saturated rings. The number of fused-ring (bicyclic) bond motifs is 1. The molecule has 5 aromatic rings. The SMILES string of the molecule is O=C(NCc1ccc(-c2nc3ccccc3s2)o1)c1cccc(OCc2cscn2)c1. The van der Waals surface area contributed by atoms with Gasteiger partial charge in [-0.25, -0.2) is 9.97 Å². The van der Waals surface area contributed by atoms with Crippen molar-refractivity contribution in [3.63, 3.8) is 0 Å². The third-order valence-electron chi connectivity index (χ3n) is 4.56. The lowest BCUT2D eigenvalue weighted by Crippen LogP contribution is -2.22. The van der Waals surface area contributed by atoms with Crippen LogP contribution in [-0.2, 0) is 13.2 Å². The smallest absolute Gasteiger partial charge is 0.251 e. The second-order valence-corrected chi connectivity index (χ2v) is 8.48. The second kappa shape index (κ2) is 8.71. The topological polar surface area (TPSA) is 77.2 Å². The molecule has 0 bridgehead atoms. The average molecular weight is 448 g/mol. The van der Waals surface area contributed by atoms with Crippen LogP contribution in [0.1, 0.15) is 21.8 Å². The average Bonchev–Trinajstić information content (AvgIpc) is 3.56. The number of benzene rings is 2. The maximum atomic E-state index is 12.6. The fourth-order valence-electron chi connectivity index (χ4n) is 3.03. The van der Waals surface area contributed by atoms with Crippen molar-refractivity contribution in [2.24, 2.45) is 0 Å². The summed E-state index contributed by atoms with van der Waals surface area (Å²) in [5.74, 6) is 1.79. The lowest BCUT2D eigenvalue weighted by atomic mass is 10.2. The molecule has 8 heteroatoms. The van der Waals surface area contributed by atoms with E-state index in [0.717, 1.165) is 20.9 Å². The number of rotatable bonds is 7. The maximum Gasteiger partial charge on any atom is 0.251 e. The van der Waals surface area contributed by atoms with Gasteiger partial charge in [-0.1, -0.05) is 18.2 Å². The first kappa shape index (κ1) is 19.5. The van der Waals surface area contributed by atoms with E-state index in [9.17, 15) is 4.79 Å². The zero-order valence-electron chi connectivity index (χ0n) is 16.3. The van der Waals surface area contributed by atoms with E-state index in [1.807, 2.05) is 47.8 Å². The van der Waals surface area contributed by atoms with E-state index in [1.54, 1.807) is 35.0 Å². The summed E-state index contributed by atoms with van der Waals surface area (Å²) in [6, 6.07) is 18.8. The highest BCUT2D eigenvalue weighted by molar-refractivity contribution is 7.21. The van der Waals surface area contributed by atoms with Crippen LogP contribution in [-0.4, -0.2) is 15.9 Å². The number of hydrogen-bond acceptors (Lipinski definition) is 7. The summed E-state index contributed by atoms with van der Waals surface area (Å²) >= 11 is 3.10. The van der Waals surface area contributed by atoms with E-state index in [0.29, 0.717) is 29.4 Å². The number of para-hydroxylation sites is 1. The lowest BCUT2D eigenvalue weighted by molar-refractivity contribution is 0.0947. The predicted octanol–water partition coefficient (Wildman–Crippen LogP) is 5.52. The largest absolute Gasteiger partial charge is 0.487 e. The van der Waals surface area contributed by atoms with Gasteiger partial charge in [0.15, 0.2) is 10.8 Å². The Morgan fingerprint density at radius 3 is 2.90 bits per heavy atom. The van der Waals surface area contributed by atoms with Gasteiger partial charge in [-0.05, 0) is 42.5 Å². The second-order valence-electron chi connectivity index (χ2n) is 6.73. The van der Waals surface area contributed by atoms with Crippen molar-refractivity contribution >= 4 is 38.8 Å². The van der Waals surface area contributed by atoms with E-state index >= 15 is 0 Å². The van der Waals surface area contributed by atoms with E-state index in [-0.39, 0.29) is 12.5 Å². The minimum absolute atomic E-state index is 0.197. The summed E-state index contributed by atoms with van der Waals surface area (Å²) < 4.78 is 12.7. The third-order valence-corrected chi connectivity index (χ3v) is 6.24. The van der Waals surface area contributed by atoms with Crippen LogP contribution in [0.5, 0.6) is 5.75 Å². The number of thiazole rings is 2. The molecule has 0 radical (unpaired) electrons. The molecule has 0 spiro atoms. The molecule has 6 nitrogen and oxygen atoms in total. The molecule has 154 valence electrons. The molecule has 1 amide bonds. The molecule has 0 saturated carbocycles. The van der Waals surface area contributed by atoms with Gasteiger partial charge in [-0.15, -0.1) is 22.7 Å². The minimum atomic E-state index is -0.197. The zero-order valence-corrected chi connectivity index (χ0v) is 17.9. The van der Waals surface area contributed by atoms with Crippen molar-refractivity contribution in [1.82, 2.24) is 15.3 Å². The molecule has 31 heavy (non-hydrogen) atoms. The number of hydrogen-bond donors (Lipinski definition) is 1. The molecular weight excluding hydrogens is 430 g/mol. The van der Waals surface area contributed by atoms with Crippen molar-refractivity contribution in [1.29, 1.82) is 0 Å². The van der Waals surface area contributed by atoms with Crippen LogP contribution in [0.2, 0.25) is 0 Å². The molecular formula is C23H17N3O3S2. The van der Waals surface area contributed by atoms with E-state index < -0.39 is 0 Å². The van der Waals surface area contributed by atoms with Crippen LogP contribution in [0.25, 0.3) is 21.0 Å². The van der Waals surface area contributed by atoms with Gasteiger partial charge in [0.2, 0.25) is 0 Å². The molecule has 0 aliphatic heterocycles. The van der Waals surface area contributed by atoms with Crippen LogP contribution >= 0.6 is 22.7 Å². The molecule has 0 unspecified atom stereocenters. The highest BCUT2D eigenvalue weighted by Crippen LogP contribution is 2.31. The summed E-state index contributed by atoms with van der Waals surface area (Å²) in [5.41, 5.74) is 4.10. The molecule has 0 saturated heterocycles. The van der Waals surface area contributed by atoms with Crippen LogP contribution in [0.15, 0.2) is 76.0 Å². The van der Waals surface area contributed by atoms with Crippen molar-refractivity contribution < 1.29 is 13.9 Å². The first-order valence-electron chi connectivity index (χ1n) is 9.57. The number of ether oxygens (including phenoxy) is 1. The summed E-state index contributed by atoms with van der Waals surface area (Å²) in [5, 5.41) is 5.64. The quantitative estimate of drug-likeness (QED) is 0.355. The normalized spacial score (nSPS) is 11.0. The summed E-state index contributed by atoms with van der Waals surface area (Å²) in [6.07, 6.45) is 0. The predicted molar refractivity (Wildman–Crippen MR) is 121 cm³/mol. The summed E-state index contributed by atoms with van der Waals surface area (Å²) in [7, 11) is 0. The molecule has 0 aliphatic rings. The van der Waals surface area contributed by atoms with E-state index in [1.165, 1.54) is 11.3 Å². The van der Waals surface area contributed by atoms with Gasteiger partial charge in [-0.2, -0.15) is 0 Å². The fourth-order valence-corrected chi connectivity index (χ4v) is 4.50. The van der Waals surface area contributed by atoms with Crippen LogP contribution in [0, 0.1) is 0 Å². The van der Waals surface area contributed by atoms with Crippen LogP contribution in [0.3, 0.4) is 0 Å². The van der Waals surface area contributed by atoms with Gasteiger partial charge in [0.05, 0.1) is 28.0 Å². The highest BCUT2D eigenvalue weighted by atomic mass is 32.1. The van der Waals surface area contributed by atoms with Crippen molar-refractivity contribution in [3.8, 4) is 16.5 Å². The van der Waals surface area contributed by atoms with Crippen molar-refractivity contribution in [2.45, 2.75) is 13.2 Å². The Morgan fingerprint density at radius 2 is 2.03 bits per heavy atom. The summed E-state index contributed by atoms with van der Waals surface area (Å²) in [6.45, 7) is 0.656. The van der Waals surface area contributed by atoms with Gasteiger partial charge in [0.1, 0.15) is 18.1 Å². The first-order chi connectivity index (χ1) is 15.2. The lowest BCUT2D eigenvalue weighted by Gasteiger charge is -2.07. The molecule has 3 aromatic heterocycles. The van der Waals surface area contributed by atoms with Gasteiger partial charge in [0.25, 0.3) is 5.91 Å². The number of carbonyl (C=O) groups excluding carboxylic acids is 1. The Labute approximate surface area is 186 Å². The number of aromatic nitrogens is 2. The van der Waals surface area contributed by atoms with Crippen molar-refractivity contribution in [2.75, 3.05) is 0 Å². The Morgan fingerprint density at radius 1 is 1.10 bits per heavy atom. The molecule has 3 heterocycles. The Bertz CT molecular complexity index is 1290. The van der Waals surface area contributed by atoms with Crippen LogP contribution < -0.4 is 10.1 Å². The maximum absolute atomic E-state index is 12.6. The van der Waals surface area contributed by atoms with Gasteiger partial charge in [-0.3, -0.25) is 4.79 Å². The van der Waals surface area contributed by atoms with Crippen molar-refractivity contribution in [3.05, 3.63) is 88.6 Å². The number of furan rings is 1. The van der Waals surface area contributed by atoms with Crippen LogP contribution in [0.4, 0.5) is 0 Å². The molecule has 0 aliphatic carbocycles. The number of nitrogens with zero attached hydrogens (tertiary/aromatic N) is 2. The Hall–Kier alpha value is -3.49. The Balaban J connectivity index is 1.21. The third kappa shape index (κ3) is 4.50. The molecule has 5 rings (SSSR count). The van der Waals surface area contributed by atoms with E-state index in [4.69, 9.17) is 9.15 Å². The fraction of sp³-hybridized carbons (Fsp3) is 0.0870.